The molecule has 0 radical (unpaired) electrons. The highest BCUT2D eigenvalue weighted by Gasteiger charge is 2.35. The lowest BCUT2D eigenvalue weighted by molar-refractivity contribution is -0.139. The van der Waals surface area contributed by atoms with Crippen molar-refractivity contribution in [3.8, 4) is 5.75 Å². The second-order valence-electron chi connectivity index (χ2n) is 3.44. The zero-order chi connectivity index (χ0) is 13.1. The molecule has 0 aromatic heterocycles. The van der Waals surface area contributed by atoms with Crippen molar-refractivity contribution in [2.45, 2.75) is 18.8 Å². The van der Waals surface area contributed by atoms with E-state index in [0.29, 0.717) is 4.47 Å². The second-order valence-corrected chi connectivity index (χ2v) is 4.36. The van der Waals surface area contributed by atoms with Crippen LogP contribution < -0.4 is 4.74 Å². The van der Waals surface area contributed by atoms with Crippen LogP contribution in [-0.2, 0) is 10.7 Å². The first-order chi connectivity index (χ1) is 7.86. The predicted octanol–water partition coefficient (Wildman–Crippen LogP) is 3.41. The molecule has 0 atom stereocenters. The maximum absolute atomic E-state index is 13.8. The topological polar surface area (TPSA) is 46.5 Å². The standard InChI is InChI=1S/C11H11BrF2O3/c1-17-9-3-2-7(12)6-8(9)11(13,14)5-4-10(15)16/h2-3,6H,4-5H2,1H3,(H,15,16). The minimum absolute atomic E-state index is 0.0450. The van der Waals surface area contributed by atoms with E-state index in [4.69, 9.17) is 9.84 Å². The normalized spacial score (nSPS) is 11.3. The van der Waals surface area contributed by atoms with Gasteiger partial charge in [-0.25, -0.2) is 8.78 Å². The zero-order valence-electron chi connectivity index (χ0n) is 9.04. The summed E-state index contributed by atoms with van der Waals surface area (Å²) < 4.78 is 32.9. The van der Waals surface area contributed by atoms with E-state index in [2.05, 4.69) is 15.9 Å². The van der Waals surface area contributed by atoms with Gasteiger partial charge < -0.3 is 9.84 Å². The Morgan fingerprint density at radius 2 is 2.18 bits per heavy atom. The Morgan fingerprint density at radius 3 is 2.71 bits per heavy atom. The van der Waals surface area contributed by atoms with Crippen LogP contribution in [0.3, 0.4) is 0 Å². The molecule has 0 aliphatic heterocycles. The first kappa shape index (κ1) is 13.9. The molecule has 0 saturated heterocycles. The quantitative estimate of drug-likeness (QED) is 0.906. The predicted molar refractivity (Wildman–Crippen MR) is 61.5 cm³/mol. The summed E-state index contributed by atoms with van der Waals surface area (Å²) in [6.07, 6.45) is -1.35. The number of halogens is 3. The van der Waals surface area contributed by atoms with Gasteiger partial charge in [0, 0.05) is 10.9 Å². The lowest BCUT2D eigenvalue weighted by atomic mass is 10.0. The van der Waals surface area contributed by atoms with Crippen LogP contribution in [0.5, 0.6) is 5.75 Å². The average Bonchev–Trinajstić information content (AvgIpc) is 2.26. The van der Waals surface area contributed by atoms with Crippen LogP contribution in [-0.4, -0.2) is 18.2 Å². The number of carboxylic acid groups (broad SMARTS) is 1. The molecule has 0 amide bonds. The Hall–Kier alpha value is -1.17. The summed E-state index contributed by atoms with van der Waals surface area (Å²) in [5.41, 5.74) is -0.310. The van der Waals surface area contributed by atoms with Crippen molar-refractivity contribution in [2.75, 3.05) is 7.11 Å². The number of carboxylic acids is 1. The van der Waals surface area contributed by atoms with Gasteiger partial charge in [-0.2, -0.15) is 0 Å². The SMILES string of the molecule is COc1ccc(Br)cc1C(F)(F)CCC(=O)O. The summed E-state index contributed by atoms with van der Waals surface area (Å²) in [7, 11) is 1.29. The molecule has 0 aliphatic rings. The van der Waals surface area contributed by atoms with Crippen molar-refractivity contribution < 1.29 is 23.4 Å². The summed E-state index contributed by atoms with van der Waals surface area (Å²) in [5, 5.41) is 8.43. The molecule has 0 bridgehead atoms. The molecule has 1 aromatic carbocycles. The van der Waals surface area contributed by atoms with Gasteiger partial charge in [0.15, 0.2) is 0 Å². The van der Waals surface area contributed by atoms with Gasteiger partial charge in [0.25, 0.3) is 5.92 Å². The van der Waals surface area contributed by atoms with E-state index in [1.54, 1.807) is 6.07 Å². The molecule has 94 valence electrons. The van der Waals surface area contributed by atoms with E-state index in [1.165, 1.54) is 19.2 Å². The molecule has 1 N–H and O–H groups in total. The summed E-state index contributed by atoms with van der Waals surface area (Å²) in [6.45, 7) is 0. The number of aliphatic carboxylic acids is 1. The van der Waals surface area contributed by atoms with Crippen molar-refractivity contribution in [1.29, 1.82) is 0 Å². The van der Waals surface area contributed by atoms with Gasteiger partial charge in [-0.05, 0) is 18.2 Å². The van der Waals surface area contributed by atoms with E-state index >= 15 is 0 Å². The first-order valence-corrected chi connectivity index (χ1v) is 5.60. The summed E-state index contributed by atoms with van der Waals surface area (Å²) in [5.74, 6) is -4.43. The highest BCUT2D eigenvalue weighted by Crippen LogP contribution is 2.39. The summed E-state index contributed by atoms with van der Waals surface area (Å²) in [4.78, 5) is 10.3. The molecule has 1 aromatic rings. The van der Waals surface area contributed by atoms with Gasteiger partial charge in [-0.1, -0.05) is 15.9 Å². The fraction of sp³-hybridized carbons (Fsp3) is 0.364. The van der Waals surface area contributed by atoms with Crippen molar-refractivity contribution in [2.24, 2.45) is 0 Å². The third-order valence-electron chi connectivity index (χ3n) is 2.21. The minimum Gasteiger partial charge on any atom is -0.496 e. The number of hydrogen-bond acceptors (Lipinski definition) is 2. The Morgan fingerprint density at radius 1 is 1.53 bits per heavy atom. The van der Waals surface area contributed by atoms with Crippen molar-refractivity contribution in [3.63, 3.8) is 0 Å². The third kappa shape index (κ3) is 3.66. The number of carbonyl (C=O) groups is 1. The maximum atomic E-state index is 13.8. The summed E-state index contributed by atoms with van der Waals surface area (Å²) >= 11 is 3.09. The van der Waals surface area contributed by atoms with E-state index in [9.17, 15) is 13.6 Å². The van der Waals surface area contributed by atoms with Gasteiger partial charge in [-0.3, -0.25) is 4.79 Å². The van der Waals surface area contributed by atoms with E-state index in [1.807, 2.05) is 0 Å². The first-order valence-electron chi connectivity index (χ1n) is 4.80. The Kier molecular flexibility index (Phi) is 4.45. The van der Waals surface area contributed by atoms with Crippen molar-refractivity contribution in [1.82, 2.24) is 0 Å². The molecule has 0 aliphatic carbocycles. The number of alkyl halides is 2. The van der Waals surface area contributed by atoms with Gasteiger partial charge in [0.1, 0.15) is 5.75 Å². The Balaban J connectivity index is 3.03. The fourth-order valence-electron chi connectivity index (χ4n) is 1.36. The molecule has 3 nitrogen and oxygen atoms in total. The molecule has 0 heterocycles. The molecule has 0 unspecified atom stereocenters. The van der Waals surface area contributed by atoms with Crippen LogP contribution in [0.15, 0.2) is 22.7 Å². The third-order valence-corrected chi connectivity index (χ3v) is 2.70. The van der Waals surface area contributed by atoms with E-state index < -0.39 is 24.7 Å². The second kappa shape index (κ2) is 5.44. The minimum atomic E-state index is -3.23. The Bertz CT molecular complexity index is 421. The molecule has 1 rings (SSSR count). The molecular weight excluding hydrogens is 298 g/mol. The van der Waals surface area contributed by atoms with Gasteiger partial charge in [0.05, 0.1) is 19.1 Å². The maximum Gasteiger partial charge on any atom is 0.303 e. The zero-order valence-corrected chi connectivity index (χ0v) is 10.6. The number of benzene rings is 1. The number of hydrogen-bond donors (Lipinski definition) is 1. The number of rotatable bonds is 5. The van der Waals surface area contributed by atoms with Gasteiger partial charge in [-0.15, -0.1) is 0 Å². The number of methoxy groups -OCH3 is 1. The van der Waals surface area contributed by atoms with Crippen molar-refractivity contribution >= 4 is 21.9 Å². The number of ether oxygens (including phenoxy) is 1. The smallest absolute Gasteiger partial charge is 0.303 e. The molecule has 0 saturated carbocycles. The molecule has 0 spiro atoms. The largest absolute Gasteiger partial charge is 0.496 e. The highest BCUT2D eigenvalue weighted by atomic mass is 79.9. The van der Waals surface area contributed by atoms with Crippen LogP contribution in [0.4, 0.5) is 8.78 Å². The monoisotopic (exact) mass is 308 g/mol. The van der Waals surface area contributed by atoms with Gasteiger partial charge in [0.2, 0.25) is 0 Å². The van der Waals surface area contributed by atoms with E-state index in [-0.39, 0.29) is 11.3 Å². The lowest BCUT2D eigenvalue weighted by Crippen LogP contribution is -2.16. The van der Waals surface area contributed by atoms with Gasteiger partial charge >= 0.3 is 5.97 Å². The molecule has 0 fully saturated rings. The van der Waals surface area contributed by atoms with E-state index in [0.717, 1.165) is 0 Å². The van der Waals surface area contributed by atoms with Crippen molar-refractivity contribution in [3.05, 3.63) is 28.2 Å². The van der Waals surface area contributed by atoms with Crippen LogP contribution in [0, 0.1) is 0 Å². The fourth-order valence-corrected chi connectivity index (χ4v) is 1.73. The highest BCUT2D eigenvalue weighted by molar-refractivity contribution is 9.10. The van der Waals surface area contributed by atoms with Crippen LogP contribution in [0.1, 0.15) is 18.4 Å². The van der Waals surface area contributed by atoms with Crippen LogP contribution in [0.25, 0.3) is 0 Å². The molecule has 17 heavy (non-hydrogen) atoms. The van der Waals surface area contributed by atoms with Crippen LogP contribution >= 0.6 is 15.9 Å². The average molecular weight is 309 g/mol. The molecule has 6 heteroatoms. The van der Waals surface area contributed by atoms with Crippen LogP contribution in [0.2, 0.25) is 0 Å². The molecular formula is C11H11BrF2O3. The summed E-state index contributed by atoms with van der Waals surface area (Å²) in [6, 6.07) is 4.23. The lowest BCUT2D eigenvalue weighted by Gasteiger charge is -2.18. The Labute approximate surface area is 106 Å².